The Morgan fingerprint density at radius 1 is 1.07 bits per heavy atom. The molecule has 4 N–H and O–H groups in total. The Morgan fingerprint density at radius 3 is 2.52 bits per heavy atom. The van der Waals surface area contributed by atoms with Gasteiger partial charge in [-0.25, -0.2) is 0 Å². The van der Waals surface area contributed by atoms with Gasteiger partial charge in [0, 0.05) is 18.8 Å². The zero-order valence-corrected chi connectivity index (χ0v) is 16.2. The molecule has 27 heavy (non-hydrogen) atoms. The molecule has 1 rings (SSSR count). The van der Waals surface area contributed by atoms with E-state index in [0.717, 1.165) is 12.8 Å². The Kier molecular flexibility index (Phi) is 11.7. The molecule has 0 aliphatic heterocycles. The topological polar surface area (TPSA) is 98.0 Å². The highest BCUT2D eigenvalue weighted by Crippen LogP contribution is 2.36. The number of aliphatic carboxylic acids is 1. The van der Waals surface area contributed by atoms with Crippen LogP contribution in [0.1, 0.15) is 51.9 Å². The highest BCUT2D eigenvalue weighted by molar-refractivity contribution is 5.66. The van der Waals surface area contributed by atoms with Crippen LogP contribution >= 0.6 is 0 Å². The molecule has 1 aliphatic carbocycles. The van der Waals surface area contributed by atoms with Crippen LogP contribution in [-0.4, -0.2) is 44.7 Å². The minimum Gasteiger partial charge on any atom is -0.481 e. The van der Waals surface area contributed by atoms with E-state index in [9.17, 15) is 20.1 Å². The van der Waals surface area contributed by atoms with Gasteiger partial charge in [-0.3, -0.25) is 4.79 Å². The fourth-order valence-electron chi connectivity index (χ4n) is 3.29. The summed E-state index contributed by atoms with van der Waals surface area (Å²) in [5.41, 5.74) is 0. The first-order valence-electron chi connectivity index (χ1n) is 9.85. The van der Waals surface area contributed by atoms with Crippen molar-refractivity contribution in [1.82, 2.24) is 0 Å². The zero-order valence-electron chi connectivity index (χ0n) is 16.2. The van der Waals surface area contributed by atoms with Crippen LogP contribution in [-0.2, 0) is 4.79 Å². The summed E-state index contributed by atoms with van der Waals surface area (Å²) in [7, 11) is 0. The quantitative estimate of drug-likeness (QED) is 0.390. The summed E-state index contributed by atoms with van der Waals surface area (Å²) in [4.78, 5) is 10.4. The second-order valence-corrected chi connectivity index (χ2v) is 7.03. The number of allylic oxidation sites excluding steroid dienone is 5. The maximum Gasteiger partial charge on any atom is 0.303 e. The molecule has 0 radical (unpaired) electrons. The maximum atomic E-state index is 10.4. The number of aliphatic hydroxyl groups excluding tert-OH is 3. The van der Waals surface area contributed by atoms with Gasteiger partial charge in [0.15, 0.2) is 0 Å². The summed E-state index contributed by atoms with van der Waals surface area (Å²) in [5.74, 6) is -0.955. The van der Waals surface area contributed by atoms with Gasteiger partial charge in [-0.2, -0.15) is 0 Å². The Bertz CT molecular complexity index is 535. The van der Waals surface area contributed by atoms with Crippen molar-refractivity contribution in [3.8, 4) is 0 Å². The molecule has 0 unspecified atom stereocenters. The number of carboxylic acid groups (broad SMARTS) is 1. The van der Waals surface area contributed by atoms with E-state index in [4.69, 9.17) is 5.11 Å². The van der Waals surface area contributed by atoms with Crippen LogP contribution in [0.3, 0.4) is 0 Å². The van der Waals surface area contributed by atoms with Crippen molar-refractivity contribution < 1.29 is 25.2 Å². The molecule has 1 saturated carbocycles. The minimum atomic E-state index is -0.798. The van der Waals surface area contributed by atoms with Gasteiger partial charge in [0.05, 0.1) is 18.3 Å². The summed E-state index contributed by atoms with van der Waals surface area (Å²) >= 11 is 0. The third kappa shape index (κ3) is 9.70. The molecule has 0 saturated heterocycles. The van der Waals surface area contributed by atoms with Gasteiger partial charge in [-0.15, -0.1) is 0 Å². The second-order valence-electron chi connectivity index (χ2n) is 7.03. The molecule has 0 amide bonds. The van der Waals surface area contributed by atoms with E-state index in [0.29, 0.717) is 25.7 Å². The summed E-state index contributed by atoms with van der Waals surface area (Å²) in [5, 5.41) is 38.9. The molecule has 0 aromatic heterocycles. The van der Waals surface area contributed by atoms with Gasteiger partial charge in [0.2, 0.25) is 0 Å². The first kappa shape index (κ1) is 23.3. The molecule has 152 valence electrons. The molecule has 0 heterocycles. The van der Waals surface area contributed by atoms with E-state index in [1.54, 1.807) is 6.08 Å². The van der Waals surface area contributed by atoms with Crippen LogP contribution in [0.2, 0.25) is 0 Å². The largest absolute Gasteiger partial charge is 0.481 e. The molecule has 5 heteroatoms. The monoisotopic (exact) mass is 378 g/mol. The predicted octanol–water partition coefficient (Wildman–Crippen LogP) is 3.38. The number of carboxylic acids is 1. The molecule has 5 atom stereocenters. The molecule has 0 spiro atoms. The van der Waals surface area contributed by atoms with Crippen LogP contribution < -0.4 is 0 Å². The molecule has 1 fully saturated rings. The van der Waals surface area contributed by atoms with Crippen molar-refractivity contribution in [3.63, 3.8) is 0 Å². The minimum absolute atomic E-state index is 0.0160. The average Bonchev–Trinajstić information content (AvgIpc) is 2.88. The van der Waals surface area contributed by atoms with Crippen molar-refractivity contribution in [2.75, 3.05) is 0 Å². The smallest absolute Gasteiger partial charge is 0.303 e. The fraction of sp³-hybridized carbons (Fsp3) is 0.591. The molecular formula is C22H34O5. The van der Waals surface area contributed by atoms with Crippen molar-refractivity contribution in [3.05, 3.63) is 48.6 Å². The van der Waals surface area contributed by atoms with Gasteiger partial charge < -0.3 is 20.4 Å². The van der Waals surface area contributed by atoms with Gasteiger partial charge in [-0.05, 0) is 38.0 Å². The van der Waals surface area contributed by atoms with Crippen LogP contribution in [0, 0.1) is 11.8 Å². The Hall–Kier alpha value is -1.69. The predicted molar refractivity (Wildman–Crippen MR) is 107 cm³/mol. The number of hydrogen-bond acceptors (Lipinski definition) is 4. The number of rotatable bonds is 12. The highest BCUT2D eigenvalue weighted by atomic mass is 16.4. The summed E-state index contributed by atoms with van der Waals surface area (Å²) in [6, 6.07) is 0. The van der Waals surface area contributed by atoms with Crippen molar-refractivity contribution in [2.45, 2.75) is 70.2 Å². The van der Waals surface area contributed by atoms with E-state index in [1.165, 1.54) is 0 Å². The molecule has 1 aliphatic rings. The molecule has 0 bridgehead atoms. The molecular weight excluding hydrogens is 344 g/mol. The normalized spacial score (nSPS) is 27.6. The Balaban J connectivity index is 2.39. The van der Waals surface area contributed by atoms with E-state index >= 15 is 0 Å². The van der Waals surface area contributed by atoms with Crippen molar-refractivity contribution in [2.24, 2.45) is 11.8 Å². The van der Waals surface area contributed by atoms with E-state index in [1.807, 2.05) is 30.4 Å². The van der Waals surface area contributed by atoms with E-state index in [-0.39, 0.29) is 18.3 Å². The summed E-state index contributed by atoms with van der Waals surface area (Å²) in [6.45, 7) is 2.06. The number of aliphatic hydroxyl groups is 3. The average molecular weight is 379 g/mol. The summed E-state index contributed by atoms with van der Waals surface area (Å²) in [6.07, 6.45) is 17.4. The molecule has 0 aromatic rings. The number of carbonyl (C=O) groups is 1. The Morgan fingerprint density at radius 2 is 1.81 bits per heavy atom. The Labute approximate surface area is 162 Å². The second kappa shape index (κ2) is 13.5. The summed E-state index contributed by atoms with van der Waals surface area (Å²) < 4.78 is 0. The standard InChI is InChI=1S/C22H34O5/c1-2-3-8-12-18-19(21(25)16-20(18)24)15-14-17(23)11-9-6-4-5-7-10-13-22(26)27/h3,5-9,14-15,17-21,23-25H,2,4,10-13,16H2,1H3,(H,26,27)/b7-5-,8-3-,9-6-,15-14+/t17-,18-,19-,20+,21-/m0/s1. The van der Waals surface area contributed by atoms with Crippen LogP contribution in [0.5, 0.6) is 0 Å². The van der Waals surface area contributed by atoms with Gasteiger partial charge in [0.25, 0.3) is 0 Å². The van der Waals surface area contributed by atoms with Gasteiger partial charge >= 0.3 is 5.97 Å². The third-order valence-electron chi connectivity index (χ3n) is 4.79. The van der Waals surface area contributed by atoms with E-state index < -0.39 is 24.3 Å². The van der Waals surface area contributed by atoms with Crippen LogP contribution in [0.25, 0.3) is 0 Å². The third-order valence-corrected chi connectivity index (χ3v) is 4.79. The van der Waals surface area contributed by atoms with Crippen LogP contribution in [0.4, 0.5) is 0 Å². The number of hydrogen-bond donors (Lipinski definition) is 4. The van der Waals surface area contributed by atoms with Gasteiger partial charge in [-0.1, -0.05) is 55.5 Å². The van der Waals surface area contributed by atoms with Gasteiger partial charge in [0.1, 0.15) is 0 Å². The lowest BCUT2D eigenvalue weighted by molar-refractivity contribution is -0.136. The maximum absolute atomic E-state index is 10.4. The lowest BCUT2D eigenvalue weighted by Gasteiger charge is -2.19. The lowest BCUT2D eigenvalue weighted by Crippen LogP contribution is -2.20. The lowest BCUT2D eigenvalue weighted by atomic mass is 9.89. The fourth-order valence-corrected chi connectivity index (χ4v) is 3.29. The van der Waals surface area contributed by atoms with Crippen LogP contribution in [0.15, 0.2) is 48.6 Å². The van der Waals surface area contributed by atoms with Crippen molar-refractivity contribution in [1.29, 1.82) is 0 Å². The highest BCUT2D eigenvalue weighted by Gasteiger charge is 2.39. The molecule has 5 nitrogen and oxygen atoms in total. The van der Waals surface area contributed by atoms with E-state index in [2.05, 4.69) is 19.1 Å². The molecule has 0 aromatic carbocycles. The SMILES string of the molecule is CC/C=C\C[C@H]1[C@H](/C=C/[C@@H](O)C/C=C\C/C=C\CCC(=O)O)[C@@H](O)C[C@H]1O. The zero-order chi connectivity index (χ0) is 20.1. The van der Waals surface area contributed by atoms with Crippen molar-refractivity contribution >= 4 is 5.97 Å². The first-order valence-corrected chi connectivity index (χ1v) is 9.85. The first-order chi connectivity index (χ1) is 13.0.